The maximum Gasteiger partial charge on any atom is 0.407 e. The first-order chi connectivity index (χ1) is 24.5. The number of halogens is 1. The highest BCUT2D eigenvalue weighted by atomic mass is 35.5. The summed E-state index contributed by atoms with van der Waals surface area (Å²) in [6.45, 7) is 7.54. The molecule has 12 nitrogen and oxygen atoms in total. The predicted molar refractivity (Wildman–Crippen MR) is 194 cm³/mol. The molecule has 13 heteroatoms. The van der Waals surface area contributed by atoms with Crippen molar-refractivity contribution in [1.29, 1.82) is 5.26 Å². The number of fused-ring (bicyclic) bond motifs is 1. The Kier molecular flexibility index (Phi) is 10.6. The minimum absolute atomic E-state index is 0.208. The molecule has 0 radical (unpaired) electrons. The molecule has 2 saturated heterocycles. The lowest BCUT2D eigenvalue weighted by Crippen LogP contribution is -2.50. The van der Waals surface area contributed by atoms with Gasteiger partial charge in [0.15, 0.2) is 0 Å². The number of nitrogens with zero attached hydrogens (tertiary/aromatic N) is 4. The van der Waals surface area contributed by atoms with Crippen LogP contribution < -0.4 is 20.1 Å². The Morgan fingerprint density at radius 2 is 2.02 bits per heavy atom. The van der Waals surface area contributed by atoms with E-state index in [1.807, 2.05) is 39.0 Å². The Hall–Kier alpha value is -5.38. The van der Waals surface area contributed by atoms with Gasteiger partial charge in [0.2, 0.25) is 5.91 Å². The number of piperidine rings is 1. The summed E-state index contributed by atoms with van der Waals surface area (Å²) in [6, 6.07) is 16.2. The number of amides is 2. The van der Waals surface area contributed by atoms with E-state index in [1.54, 1.807) is 42.6 Å². The lowest BCUT2D eigenvalue weighted by atomic mass is 9.79. The zero-order valence-corrected chi connectivity index (χ0v) is 29.4. The maximum atomic E-state index is 13.6. The highest BCUT2D eigenvalue weighted by molar-refractivity contribution is 6.32. The summed E-state index contributed by atoms with van der Waals surface area (Å²) in [5.41, 5.74) is 3.59. The average molecular weight is 711 g/mol. The van der Waals surface area contributed by atoms with Crippen molar-refractivity contribution in [3.63, 3.8) is 0 Å². The summed E-state index contributed by atoms with van der Waals surface area (Å²) in [7, 11) is 0. The number of likely N-dealkylation sites (tertiary alicyclic amines) is 1. The molecular formula is C38H39ClN6O6. The molecule has 51 heavy (non-hydrogen) atoms. The molecule has 0 aliphatic carbocycles. The summed E-state index contributed by atoms with van der Waals surface area (Å²) in [6.07, 6.45) is 5.15. The molecule has 0 saturated carbocycles. The standard InChI is InChI=1S/C38H39ClN6O6/c1-38(2,3)34-14-23(9-12-45(34)37(47)48)15-35(46)44-31-17-28-30(18-33(31)51-27-10-13-49-22-27)42-20-24(19-40)36(28)43-25-7-8-32(29(39)16-25)50-21-26-6-4-5-11-41-26/h4-8,11,15-18,20,27,34H,9-10,12-14,21-22H2,1-3H3,(H,42,43)(H,44,46)(H,47,48)/b23-15-. The van der Waals surface area contributed by atoms with E-state index in [1.165, 1.54) is 11.1 Å². The van der Waals surface area contributed by atoms with Gasteiger partial charge in [0.25, 0.3) is 0 Å². The van der Waals surface area contributed by atoms with Crippen LogP contribution in [-0.2, 0) is 16.1 Å². The largest absolute Gasteiger partial charge is 0.486 e. The topological polar surface area (TPSA) is 159 Å². The van der Waals surface area contributed by atoms with Crippen LogP contribution in [0.1, 0.15) is 51.3 Å². The fourth-order valence-corrected chi connectivity index (χ4v) is 6.50. The number of ether oxygens (including phenoxy) is 3. The number of hydrogen-bond donors (Lipinski definition) is 3. The van der Waals surface area contributed by atoms with Crippen molar-refractivity contribution in [1.82, 2.24) is 14.9 Å². The lowest BCUT2D eigenvalue weighted by molar-refractivity contribution is -0.112. The van der Waals surface area contributed by atoms with E-state index in [0.717, 1.165) is 11.3 Å². The number of pyridine rings is 2. The van der Waals surface area contributed by atoms with Crippen molar-refractivity contribution in [2.45, 2.75) is 58.8 Å². The number of hydrogen-bond acceptors (Lipinski definition) is 9. The smallest absolute Gasteiger partial charge is 0.407 e. The quantitative estimate of drug-likeness (QED) is 0.147. The molecule has 2 aliphatic heterocycles. The molecule has 0 spiro atoms. The molecule has 2 aromatic heterocycles. The molecule has 2 amide bonds. The molecule has 4 aromatic rings. The summed E-state index contributed by atoms with van der Waals surface area (Å²) >= 11 is 6.60. The van der Waals surface area contributed by atoms with Gasteiger partial charge in [0, 0.05) is 54.6 Å². The molecule has 2 fully saturated rings. The fraction of sp³-hybridized carbons (Fsp3) is 0.342. The molecule has 6 rings (SSSR count). The van der Waals surface area contributed by atoms with Gasteiger partial charge in [-0.05, 0) is 54.7 Å². The van der Waals surface area contributed by atoms with Gasteiger partial charge < -0.3 is 34.9 Å². The van der Waals surface area contributed by atoms with Gasteiger partial charge in [-0.2, -0.15) is 5.26 Å². The van der Waals surface area contributed by atoms with E-state index in [0.29, 0.717) is 83.5 Å². The molecule has 4 heterocycles. The van der Waals surface area contributed by atoms with E-state index >= 15 is 0 Å². The number of carbonyl (C=O) groups excluding carboxylic acids is 1. The number of rotatable bonds is 9. The minimum Gasteiger partial charge on any atom is -0.486 e. The van der Waals surface area contributed by atoms with Gasteiger partial charge in [0.05, 0.1) is 46.4 Å². The first-order valence-electron chi connectivity index (χ1n) is 16.7. The van der Waals surface area contributed by atoms with E-state index in [4.69, 9.17) is 25.8 Å². The molecule has 2 aromatic carbocycles. The Morgan fingerprint density at radius 1 is 1.18 bits per heavy atom. The predicted octanol–water partition coefficient (Wildman–Crippen LogP) is 7.70. The van der Waals surface area contributed by atoms with Gasteiger partial charge in [-0.3, -0.25) is 14.8 Å². The number of aromatic nitrogens is 2. The average Bonchev–Trinajstić information content (AvgIpc) is 3.61. The van der Waals surface area contributed by atoms with Crippen LogP contribution in [0.2, 0.25) is 5.02 Å². The van der Waals surface area contributed by atoms with Crippen LogP contribution in [0.5, 0.6) is 11.5 Å². The van der Waals surface area contributed by atoms with Crippen LogP contribution in [0.15, 0.2) is 72.6 Å². The second-order valence-electron chi connectivity index (χ2n) is 13.6. The number of nitrogens with one attached hydrogen (secondary N) is 2. The Labute approximate surface area is 301 Å². The number of carboxylic acid groups (broad SMARTS) is 1. The minimum atomic E-state index is -0.964. The number of nitriles is 1. The molecule has 2 unspecified atom stereocenters. The molecular weight excluding hydrogens is 672 g/mol. The summed E-state index contributed by atoms with van der Waals surface area (Å²) < 4.78 is 17.7. The highest BCUT2D eigenvalue weighted by Gasteiger charge is 2.37. The fourth-order valence-electron chi connectivity index (χ4n) is 6.26. The van der Waals surface area contributed by atoms with Crippen molar-refractivity contribution in [2.75, 3.05) is 30.4 Å². The van der Waals surface area contributed by atoms with Gasteiger partial charge in [-0.1, -0.05) is 44.0 Å². The third-order valence-electron chi connectivity index (χ3n) is 8.92. The second kappa shape index (κ2) is 15.2. The molecule has 264 valence electrons. The molecule has 3 N–H and O–H groups in total. The van der Waals surface area contributed by atoms with Crippen LogP contribution >= 0.6 is 11.6 Å². The zero-order chi connectivity index (χ0) is 36.1. The zero-order valence-electron chi connectivity index (χ0n) is 28.6. The van der Waals surface area contributed by atoms with Crippen LogP contribution in [0.25, 0.3) is 10.9 Å². The second-order valence-corrected chi connectivity index (χ2v) is 14.0. The van der Waals surface area contributed by atoms with E-state index in [9.17, 15) is 20.0 Å². The molecule has 2 atom stereocenters. The summed E-state index contributed by atoms with van der Waals surface area (Å²) in [5, 5.41) is 27.1. The molecule has 0 bridgehead atoms. The van der Waals surface area contributed by atoms with Gasteiger partial charge in [-0.25, -0.2) is 4.79 Å². The third kappa shape index (κ3) is 8.51. The Balaban J connectivity index is 1.30. The number of carbonyl (C=O) groups is 2. The monoisotopic (exact) mass is 710 g/mol. The van der Waals surface area contributed by atoms with Crippen LogP contribution in [0.4, 0.5) is 21.9 Å². The normalized spacial score (nSPS) is 18.3. The Morgan fingerprint density at radius 3 is 2.71 bits per heavy atom. The SMILES string of the molecule is CC(C)(C)C1C/C(=C\C(=O)Nc2cc3c(Nc4ccc(OCc5ccccn5)c(Cl)c4)c(C#N)cnc3cc2OC2CCOC2)CCN1C(=O)O. The van der Waals surface area contributed by atoms with Crippen LogP contribution in [0.3, 0.4) is 0 Å². The summed E-state index contributed by atoms with van der Waals surface area (Å²) in [5.74, 6) is 0.520. The number of anilines is 3. The Bertz CT molecular complexity index is 2000. The maximum absolute atomic E-state index is 13.6. The van der Waals surface area contributed by atoms with Gasteiger partial charge in [0.1, 0.15) is 30.3 Å². The third-order valence-corrected chi connectivity index (χ3v) is 9.21. The highest BCUT2D eigenvalue weighted by Crippen LogP contribution is 2.39. The van der Waals surface area contributed by atoms with Crippen molar-refractivity contribution in [2.24, 2.45) is 5.41 Å². The van der Waals surface area contributed by atoms with Crippen molar-refractivity contribution < 1.29 is 28.9 Å². The number of benzene rings is 2. The first-order valence-corrected chi connectivity index (χ1v) is 17.1. The van der Waals surface area contributed by atoms with E-state index in [2.05, 4.69) is 26.7 Å². The van der Waals surface area contributed by atoms with Crippen LogP contribution in [0, 0.1) is 16.7 Å². The molecule has 2 aliphatic rings. The van der Waals surface area contributed by atoms with Crippen molar-refractivity contribution in [3.05, 3.63) is 88.9 Å². The van der Waals surface area contributed by atoms with E-state index in [-0.39, 0.29) is 35.6 Å². The van der Waals surface area contributed by atoms with Crippen molar-refractivity contribution in [3.8, 4) is 17.6 Å². The first kappa shape index (κ1) is 35.4. The summed E-state index contributed by atoms with van der Waals surface area (Å²) in [4.78, 5) is 35.8. The lowest BCUT2D eigenvalue weighted by Gasteiger charge is -2.42. The van der Waals surface area contributed by atoms with E-state index < -0.39 is 6.09 Å². The van der Waals surface area contributed by atoms with Crippen molar-refractivity contribution >= 4 is 51.6 Å². The van der Waals surface area contributed by atoms with Gasteiger partial charge in [-0.15, -0.1) is 0 Å². The van der Waals surface area contributed by atoms with Gasteiger partial charge >= 0.3 is 6.09 Å². The van der Waals surface area contributed by atoms with Crippen LogP contribution in [-0.4, -0.2) is 63.9 Å².